The number of carbonyl (C=O) groups is 1. The third-order valence-electron chi connectivity index (χ3n) is 3.41. The lowest BCUT2D eigenvalue weighted by Crippen LogP contribution is -2.59. The number of aryl methyl sites for hydroxylation is 1. The van der Waals surface area contributed by atoms with E-state index in [-0.39, 0.29) is 5.91 Å². The topological polar surface area (TPSA) is 41.1 Å². The van der Waals surface area contributed by atoms with E-state index in [1.807, 2.05) is 6.92 Å². The van der Waals surface area contributed by atoms with Gasteiger partial charge in [-0.15, -0.1) is 0 Å². The summed E-state index contributed by atoms with van der Waals surface area (Å²) in [5.41, 5.74) is 1.79. The molecule has 0 saturated carbocycles. The van der Waals surface area contributed by atoms with Crippen LogP contribution in [-0.4, -0.2) is 19.0 Å². The molecule has 1 saturated heterocycles. The molecule has 0 radical (unpaired) electrons. The van der Waals surface area contributed by atoms with Gasteiger partial charge in [-0.25, -0.2) is 0 Å². The summed E-state index contributed by atoms with van der Waals surface area (Å²) in [6.07, 6.45) is 2.24. The number of nitrogens with one attached hydrogen (secondary N) is 2. The second kappa shape index (κ2) is 4.88. The van der Waals surface area contributed by atoms with Crippen molar-refractivity contribution in [2.75, 3.05) is 13.1 Å². The molecule has 1 amide bonds. The molecule has 17 heavy (non-hydrogen) atoms. The molecule has 1 aliphatic heterocycles. The van der Waals surface area contributed by atoms with Gasteiger partial charge in [0.15, 0.2) is 0 Å². The summed E-state index contributed by atoms with van der Waals surface area (Å²) < 4.78 is 0. The first-order valence-corrected chi connectivity index (χ1v) is 6.29. The standard InChI is InChI=1S/C14H20N2O/c1-3-4-11-5-7-12(8-6-11)14(2)13(17)15-9-10-16-14/h5-8,16H,3-4,9-10H2,1-2H3,(H,15,17). The molecule has 1 aromatic carbocycles. The molecule has 3 heteroatoms. The van der Waals surface area contributed by atoms with Gasteiger partial charge in [0.05, 0.1) is 0 Å². The third-order valence-corrected chi connectivity index (χ3v) is 3.41. The van der Waals surface area contributed by atoms with Gasteiger partial charge in [0.25, 0.3) is 0 Å². The van der Waals surface area contributed by atoms with Crippen molar-refractivity contribution in [3.8, 4) is 0 Å². The predicted octanol–water partition coefficient (Wildman–Crippen LogP) is 1.57. The molecule has 0 spiro atoms. The molecule has 1 fully saturated rings. The minimum Gasteiger partial charge on any atom is -0.353 e. The zero-order valence-corrected chi connectivity index (χ0v) is 10.5. The fourth-order valence-electron chi connectivity index (χ4n) is 2.27. The van der Waals surface area contributed by atoms with Crippen molar-refractivity contribution < 1.29 is 4.79 Å². The molecule has 2 rings (SSSR count). The molecule has 1 atom stereocenters. The first-order valence-electron chi connectivity index (χ1n) is 6.29. The fraction of sp³-hybridized carbons (Fsp3) is 0.500. The zero-order valence-electron chi connectivity index (χ0n) is 10.5. The van der Waals surface area contributed by atoms with Gasteiger partial charge in [-0.1, -0.05) is 37.6 Å². The summed E-state index contributed by atoms with van der Waals surface area (Å²) in [5, 5.41) is 6.21. The minimum absolute atomic E-state index is 0.0620. The summed E-state index contributed by atoms with van der Waals surface area (Å²) in [7, 11) is 0. The number of hydrogen-bond acceptors (Lipinski definition) is 2. The molecule has 1 aromatic rings. The van der Waals surface area contributed by atoms with Crippen LogP contribution in [0.4, 0.5) is 0 Å². The smallest absolute Gasteiger partial charge is 0.244 e. The maximum atomic E-state index is 12.0. The van der Waals surface area contributed by atoms with Crippen molar-refractivity contribution in [1.29, 1.82) is 0 Å². The van der Waals surface area contributed by atoms with Crippen LogP contribution in [0.2, 0.25) is 0 Å². The highest BCUT2D eigenvalue weighted by atomic mass is 16.2. The molecule has 1 heterocycles. The largest absolute Gasteiger partial charge is 0.353 e. The molecule has 1 unspecified atom stereocenters. The second-order valence-corrected chi connectivity index (χ2v) is 4.75. The normalized spacial score (nSPS) is 24.5. The van der Waals surface area contributed by atoms with Crippen molar-refractivity contribution in [2.24, 2.45) is 0 Å². The monoisotopic (exact) mass is 232 g/mol. The number of piperazine rings is 1. The number of hydrogen-bond donors (Lipinski definition) is 2. The average molecular weight is 232 g/mol. The van der Waals surface area contributed by atoms with Crippen LogP contribution in [0.5, 0.6) is 0 Å². The van der Waals surface area contributed by atoms with Crippen LogP contribution >= 0.6 is 0 Å². The first-order chi connectivity index (χ1) is 8.16. The molecular formula is C14H20N2O. The Balaban J connectivity index is 2.23. The zero-order chi connectivity index (χ0) is 12.3. The Bertz CT molecular complexity index is 399. The van der Waals surface area contributed by atoms with Gasteiger partial charge in [0.2, 0.25) is 5.91 Å². The van der Waals surface area contributed by atoms with Gasteiger partial charge in [0.1, 0.15) is 5.54 Å². The van der Waals surface area contributed by atoms with Gasteiger partial charge in [-0.05, 0) is 24.5 Å². The van der Waals surface area contributed by atoms with Crippen LogP contribution < -0.4 is 10.6 Å². The highest BCUT2D eigenvalue weighted by Gasteiger charge is 2.36. The van der Waals surface area contributed by atoms with Gasteiger partial charge in [-0.3, -0.25) is 10.1 Å². The van der Waals surface area contributed by atoms with E-state index in [1.54, 1.807) is 0 Å². The Morgan fingerprint density at radius 3 is 2.53 bits per heavy atom. The molecular weight excluding hydrogens is 212 g/mol. The molecule has 3 nitrogen and oxygen atoms in total. The summed E-state index contributed by atoms with van der Waals surface area (Å²) in [4.78, 5) is 12.0. The molecule has 92 valence electrons. The fourth-order valence-corrected chi connectivity index (χ4v) is 2.27. The van der Waals surface area contributed by atoms with E-state index >= 15 is 0 Å². The quantitative estimate of drug-likeness (QED) is 0.830. The number of carbonyl (C=O) groups excluding carboxylic acids is 1. The van der Waals surface area contributed by atoms with E-state index in [4.69, 9.17) is 0 Å². The number of amides is 1. The van der Waals surface area contributed by atoms with Crippen LogP contribution in [0.25, 0.3) is 0 Å². The van der Waals surface area contributed by atoms with Crippen LogP contribution in [0.3, 0.4) is 0 Å². The number of rotatable bonds is 3. The predicted molar refractivity (Wildman–Crippen MR) is 68.8 cm³/mol. The Morgan fingerprint density at radius 1 is 1.24 bits per heavy atom. The molecule has 0 bridgehead atoms. The molecule has 2 N–H and O–H groups in total. The van der Waals surface area contributed by atoms with E-state index in [0.717, 1.165) is 24.9 Å². The van der Waals surface area contributed by atoms with E-state index in [9.17, 15) is 4.79 Å². The molecule has 0 aromatic heterocycles. The lowest BCUT2D eigenvalue weighted by atomic mass is 9.88. The third kappa shape index (κ3) is 2.34. The van der Waals surface area contributed by atoms with E-state index in [1.165, 1.54) is 5.56 Å². The van der Waals surface area contributed by atoms with Gasteiger partial charge in [0, 0.05) is 13.1 Å². The van der Waals surface area contributed by atoms with Crippen molar-refractivity contribution in [3.63, 3.8) is 0 Å². The first kappa shape index (κ1) is 12.1. The highest BCUT2D eigenvalue weighted by Crippen LogP contribution is 2.23. The summed E-state index contributed by atoms with van der Waals surface area (Å²) in [6, 6.07) is 8.35. The Kier molecular flexibility index (Phi) is 3.48. The Labute approximate surface area is 103 Å². The Morgan fingerprint density at radius 2 is 1.94 bits per heavy atom. The molecule has 1 aliphatic rings. The average Bonchev–Trinajstić information content (AvgIpc) is 2.34. The van der Waals surface area contributed by atoms with E-state index < -0.39 is 5.54 Å². The van der Waals surface area contributed by atoms with Crippen LogP contribution in [0.15, 0.2) is 24.3 Å². The van der Waals surface area contributed by atoms with Crippen molar-refractivity contribution in [3.05, 3.63) is 35.4 Å². The van der Waals surface area contributed by atoms with Gasteiger partial charge < -0.3 is 5.32 Å². The van der Waals surface area contributed by atoms with Crippen LogP contribution in [0, 0.1) is 0 Å². The lowest BCUT2D eigenvalue weighted by molar-refractivity contribution is -0.128. The highest BCUT2D eigenvalue weighted by molar-refractivity contribution is 5.88. The summed E-state index contributed by atoms with van der Waals surface area (Å²) in [5.74, 6) is 0.0620. The van der Waals surface area contributed by atoms with Crippen LogP contribution in [-0.2, 0) is 16.8 Å². The minimum atomic E-state index is -0.580. The van der Waals surface area contributed by atoms with Gasteiger partial charge >= 0.3 is 0 Å². The van der Waals surface area contributed by atoms with Crippen molar-refractivity contribution in [2.45, 2.75) is 32.2 Å². The van der Waals surface area contributed by atoms with Crippen molar-refractivity contribution in [1.82, 2.24) is 10.6 Å². The van der Waals surface area contributed by atoms with Crippen molar-refractivity contribution >= 4 is 5.91 Å². The van der Waals surface area contributed by atoms with E-state index in [2.05, 4.69) is 41.8 Å². The maximum absolute atomic E-state index is 12.0. The second-order valence-electron chi connectivity index (χ2n) is 4.75. The summed E-state index contributed by atoms with van der Waals surface area (Å²) >= 11 is 0. The lowest BCUT2D eigenvalue weighted by Gasteiger charge is -2.34. The van der Waals surface area contributed by atoms with Crippen LogP contribution in [0.1, 0.15) is 31.4 Å². The summed E-state index contributed by atoms with van der Waals surface area (Å²) in [6.45, 7) is 5.64. The number of benzene rings is 1. The SMILES string of the molecule is CCCc1ccc(C2(C)NCCNC2=O)cc1. The molecule has 0 aliphatic carbocycles. The van der Waals surface area contributed by atoms with E-state index in [0.29, 0.717) is 6.54 Å². The van der Waals surface area contributed by atoms with Gasteiger partial charge in [-0.2, -0.15) is 0 Å². The Hall–Kier alpha value is -1.35. The maximum Gasteiger partial charge on any atom is 0.244 e.